The number of hydrogen-bond donors (Lipinski definition) is 0. The number of nitrogens with zero attached hydrogens (tertiary/aromatic N) is 2. The highest BCUT2D eigenvalue weighted by Gasteiger charge is 2.30. The molecule has 1 atom stereocenters. The number of carbonyl (C=O) groups is 1. The van der Waals surface area contributed by atoms with Crippen molar-refractivity contribution < 1.29 is 14.5 Å². The van der Waals surface area contributed by atoms with Crippen LogP contribution in [0.1, 0.15) is 29.3 Å². The lowest BCUT2D eigenvalue weighted by atomic mass is 10.2. The number of aryl methyl sites for hydroxylation is 1. The third-order valence-corrected chi connectivity index (χ3v) is 5.15. The fourth-order valence-electron chi connectivity index (χ4n) is 2.99. The number of nitro groups is 1. The summed E-state index contributed by atoms with van der Waals surface area (Å²) in [5.74, 6) is 0.417. The van der Waals surface area contributed by atoms with Crippen molar-refractivity contribution in [2.45, 2.75) is 25.8 Å². The molecule has 1 aromatic carbocycles. The van der Waals surface area contributed by atoms with E-state index in [4.69, 9.17) is 4.74 Å². The van der Waals surface area contributed by atoms with Crippen molar-refractivity contribution in [2.24, 2.45) is 0 Å². The van der Waals surface area contributed by atoms with Crippen molar-refractivity contribution in [3.05, 3.63) is 56.3 Å². The summed E-state index contributed by atoms with van der Waals surface area (Å²) in [7, 11) is 0. The van der Waals surface area contributed by atoms with Gasteiger partial charge in [-0.2, -0.15) is 0 Å². The quantitative estimate of drug-likeness (QED) is 0.611. The molecule has 1 aliphatic heterocycles. The molecule has 0 spiro atoms. The van der Waals surface area contributed by atoms with Crippen LogP contribution in [0.4, 0.5) is 5.69 Å². The predicted octanol–water partition coefficient (Wildman–Crippen LogP) is 3.71. The van der Waals surface area contributed by atoms with Gasteiger partial charge in [0, 0.05) is 23.1 Å². The van der Waals surface area contributed by atoms with Crippen molar-refractivity contribution in [1.82, 2.24) is 4.90 Å². The first-order valence-electron chi connectivity index (χ1n) is 7.77. The molecule has 24 heavy (non-hydrogen) atoms. The lowest BCUT2D eigenvalue weighted by Gasteiger charge is -2.24. The molecular weight excluding hydrogens is 328 g/mol. The maximum Gasteiger partial charge on any atom is 0.272 e. The lowest BCUT2D eigenvalue weighted by Crippen LogP contribution is -2.34. The van der Waals surface area contributed by atoms with Gasteiger partial charge < -0.3 is 9.64 Å². The highest BCUT2D eigenvalue weighted by molar-refractivity contribution is 7.10. The van der Waals surface area contributed by atoms with Gasteiger partial charge >= 0.3 is 0 Å². The number of carbonyl (C=O) groups excluding carboxylic acids is 1. The highest BCUT2D eigenvalue weighted by Crippen LogP contribution is 2.34. The van der Waals surface area contributed by atoms with E-state index < -0.39 is 4.92 Å². The zero-order chi connectivity index (χ0) is 17.1. The molecule has 0 saturated carbocycles. The number of thiophene rings is 1. The monoisotopic (exact) mass is 346 g/mol. The Labute approximate surface area is 143 Å². The third kappa shape index (κ3) is 3.41. The summed E-state index contributed by atoms with van der Waals surface area (Å²) in [6, 6.07) is 8.71. The molecule has 1 fully saturated rings. The molecule has 3 rings (SSSR count). The zero-order valence-electron chi connectivity index (χ0n) is 13.3. The second-order valence-corrected chi connectivity index (χ2v) is 6.73. The van der Waals surface area contributed by atoms with Gasteiger partial charge in [-0.15, -0.1) is 11.3 Å². The second kappa shape index (κ2) is 7.00. The van der Waals surface area contributed by atoms with Crippen LogP contribution in [0.25, 0.3) is 0 Å². The number of amides is 1. The third-order valence-electron chi connectivity index (χ3n) is 4.17. The normalized spacial score (nSPS) is 17.0. The zero-order valence-corrected chi connectivity index (χ0v) is 14.1. The molecule has 7 heteroatoms. The Morgan fingerprint density at radius 2 is 2.29 bits per heavy atom. The molecule has 2 heterocycles. The molecule has 1 aliphatic rings. The number of nitro benzene ring substituents is 1. The van der Waals surface area contributed by atoms with Gasteiger partial charge in [-0.3, -0.25) is 14.9 Å². The maximum absolute atomic E-state index is 12.5. The molecule has 0 bridgehead atoms. The predicted molar refractivity (Wildman–Crippen MR) is 91.3 cm³/mol. The number of rotatable bonds is 5. The SMILES string of the molecule is Cc1cc(OCC(=O)N2CCC[C@@H]2c2cccs2)ccc1[N+](=O)[O-]. The van der Waals surface area contributed by atoms with Gasteiger partial charge in [-0.05, 0) is 43.3 Å². The minimum atomic E-state index is -0.430. The van der Waals surface area contributed by atoms with Gasteiger partial charge in [-0.1, -0.05) is 6.07 Å². The molecule has 1 saturated heterocycles. The largest absolute Gasteiger partial charge is 0.484 e. The van der Waals surface area contributed by atoms with E-state index in [2.05, 4.69) is 6.07 Å². The summed E-state index contributed by atoms with van der Waals surface area (Å²) in [5.41, 5.74) is 0.563. The molecule has 6 nitrogen and oxygen atoms in total. The van der Waals surface area contributed by atoms with Gasteiger partial charge in [0.2, 0.25) is 0 Å². The fourth-order valence-corrected chi connectivity index (χ4v) is 3.87. The molecule has 2 aromatic rings. The summed E-state index contributed by atoms with van der Waals surface area (Å²) in [6.07, 6.45) is 1.97. The molecule has 0 unspecified atom stereocenters. The number of ether oxygens (including phenoxy) is 1. The summed E-state index contributed by atoms with van der Waals surface area (Å²) >= 11 is 1.66. The van der Waals surface area contributed by atoms with Crippen LogP contribution in [0.3, 0.4) is 0 Å². The van der Waals surface area contributed by atoms with Gasteiger partial charge in [0.05, 0.1) is 11.0 Å². The van der Waals surface area contributed by atoms with E-state index in [1.807, 2.05) is 16.3 Å². The minimum absolute atomic E-state index is 0.0472. The van der Waals surface area contributed by atoms with Crippen LogP contribution in [0, 0.1) is 17.0 Å². The topological polar surface area (TPSA) is 72.7 Å². The van der Waals surface area contributed by atoms with E-state index in [9.17, 15) is 14.9 Å². The van der Waals surface area contributed by atoms with E-state index in [1.165, 1.54) is 17.0 Å². The molecule has 0 N–H and O–H groups in total. The number of hydrogen-bond acceptors (Lipinski definition) is 5. The van der Waals surface area contributed by atoms with E-state index in [-0.39, 0.29) is 24.2 Å². The highest BCUT2D eigenvalue weighted by atomic mass is 32.1. The Hall–Kier alpha value is -2.41. The first-order valence-corrected chi connectivity index (χ1v) is 8.65. The average Bonchev–Trinajstić information content (AvgIpc) is 3.22. The average molecular weight is 346 g/mol. The van der Waals surface area contributed by atoms with Gasteiger partial charge in [0.15, 0.2) is 6.61 Å². The summed E-state index contributed by atoms with van der Waals surface area (Å²) < 4.78 is 5.55. The van der Waals surface area contributed by atoms with Gasteiger partial charge in [0.1, 0.15) is 5.75 Å². The minimum Gasteiger partial charge on any atom is -0.484 e. The van der Waals surface area contributed by atoms with Crippen LogP contribution < -0.4 is 4.74 Å². The molecule has 1 amide bonds. The molecule has 126 valence electrons. The Kier molecular flexibility index (Phi) is 4.80. The molecule has 1 aromatic heterocycles. The van der Waals surface area contributed by atoms with Crippen LogP contribution >= 0.6 is 11.3 Å². The second-order valence-electron chi connectivity index (χ2n) is 5.75. The van der Waals surface area contributed by atoms with E-state index in [1.54, 1.807) is 24.3 Å². The van der Waals surface area contributed by atoms with Crippen molar-refractivity contribution in [2.75, 3.05) is 13.2 Å². The summed E-state index contributed by atoms with van der Waals surface area (Å²) in [6.45, 7) is 2.34. The fraction of sp³-hybridized carbons (Fsp3) is 0.353. The Morgan fingerprint density at radius 1 is 1.46 bits per heavy atom. The Balaban J connectivity index is 1.63. The lowest BCUT2D eigenvalue weighted by molar-refractivity contribution is -0.385. The van der Waals surface area contributed by atoms with Crippen molar-refractivity contribution >= 4 is 22.9 Å². The van der Waals surface area contributed by atoms with E-state index in [0.29, 0.717) is 11.3 Å². The standard InChI is InChI=1S/C17H18N2O4S/c1-12-10-13(6-7-14(12)19(21)22)23-11-17(20)18-8-2-4-15(18)16-5-3-9-24-16/h3,5-7,9-10,15H,2,4,8,11H2,1H3/t15-/m1/s1. The maximum atomic E-state index is 12.5. The molecule has 0 radical (unpaired) electrons. The Bertz CT molecular complexity index is 745. The van der Waals surface area contributed by atoms with E-state index in [0.717, 1.165) is 19.4 Å². The van der Waals surface area contributed by atoms with Crippen molar-refractivity contribution in [1.29, 1.82) is 0 Å². The molecular formula is C17H18N2O4S. The van der Waals surface area contributed by atoms with Gasteiger partial charge in [-0.25, -0.2) is 0 Å². The smallest absolute Gasteiger partial charge is 0.272 e. The van der Waals surface area contributed by atoms with Crippen LogP contribution in [-0.2, 0) is 4.79 Å². The van der Waals surface area contributed by atoms with Crippen LogP contribution in [0.15, 0.2) is 35.7 Å². The first kappa shape index (κ1) is 16.4. The van der Waals surface area contributed by atoms with Crippen molar-refractivity contribution in [3.8, 4) is 5.75 Å². The number of likely N-dealkylation sites (tertiary alicyclic amines) is 1. The van der Waals surface area contributed by atoms with Gasteiger partial charge in [0.25, 0.3) is 11.6 Å². The van der Waals surface area contributed by atoms with E-state index >= 15 is 0 Å². The van der Waals surface area contributed by atoms with Crippen LogP contribution in [-0.4, -0.2) is 28.9 Å². The first-order chi connectivity index (χ1) is 11.6. The molecule has 0 aliphatic carbocycles. The Morgan fingerprint density at radius 3 is 2.96 bits per heavy atom. The van der Waals surface area contributed by atoms with Crippen LogP contribution in [0.2, 0.25) is 0 Å². The summed E-state index contributed by atoms with van der Waals surface area (Å²) in [5, 5.41) is 12.8. The van der Waals surface area contributed by atoms with Crippen molar-refractivity contribution in [3.63, 3.8) is 0 Å². The number of benzene rings is 1. The summed E-state index contributed by atoms with van der Waals surface area (Å²) in [4.78, 5) is 25.9. The van der Waals surface area contributed by atoms with Crippen LogP contribution in [0.5, 0.6) is 5.75 Å².